The van der Waals surface area contributed by atoms with E-state index in [0.717, 1.165) is 12.8 Å². The Morgan fingerprint density at radius 1 is 1.47 bits per heavy atom. The summed E-state index contributed by atoms with van der Waals surface area (Å²) in [6.45, 7) is 11.9. The normalized spacial score (nSPS) is 11.9. The highest BCUT2D eigenvalue weighted by molar-refractivity contribution is 5.81. The predicted molar refractivity (Wildman–Crippen MR) is 63.6 cm³/mol. The van der Waals surface area contributed by atoms with Gasteiger partial charge in [0.25, 0.3) is 0 Å². The van der Waals surface area contributed by atoms with Crippen LogP contribution in [0.5, 0.6) is 0 Å². The zero-order valence-electron chi connectivity index (χ0n) is 9.92. The first-order valence-electron chi connectivity index (χ1n) is 5.49. The number of rotatable bonds is 8. The van der Waals surface area contributed by atoms with Gasteiger partial charge in [0.05, 0.1) is 6.61 Å². The van der Waals surface area contributed by atoms with Crippen LogP contribution in [0.1, 0.15) is 39.5 Å². The Kier molecular flexibility index (Phi) is 7.69. The van der Waals surface area contributed by atoms with E-state index >= 15 is 0 Å². The second kappa shape index (κ2) is 8.27. The summed E-state index contributed by atoms with van der Waals surface area (Å²) in [6, 6.07) is 0. The lowest BCUT2D eigenvalue weighted by Gasteiger charge is -2.10. The van der Waals surface area contributed by atoms with Gasteiger partial charge in [0.2, 0.25) is 0 Å². The van der Waals surface area contributed by atoms with Gasteiger partial charge in [-0.1, -0.05) is 25.5 Å². The molecule has 0 aliphatic carbocycles. The third-order valence-electron chi connectivity index (χ3n) is 2.32. The van der Waals surface area contributed by atoms with Crippen LogP contribution in [-0.2, 0) is 9.53 Å². The van der Waals surface area contributed by atoms with E-state index in [1.54, 1.807) is 0 Å². The molecule has 0 fully saturated rings. The minimum atomic E-state index is -0.330. The van der Waals surface area contributed by atoms with Gasteiger partial charge in [-0.05, 0) is 32.1 Å². The fourth-order valence-corrected chi connectivity index (χ4v) is 1.32. The first-order chi connectivity index (χ1) is 7.06. The average molecular weight is 210 g/mol. The quantitative estimate of drug-likeness (QED) is 0.348. The lowest BCUT2D eigenvalue weighted by Crippen LogP contribution is -2.06. The molecule has 0 N–H and O–H groups in total. The molecule has 0 bridgehead atoms. The number of ether oxygens (including phenoxy) is 1. The maximum Gasteiger partial charge on any atom is 0.330 e. The van der Waals surface area contributed by atoms with E-state index in [9.17, 15) is 4.79 Å². The van der Waals surface area contributed by atoms with Gasteiger partial charge in [-0.3, -0.25) is 0 Å². The molecular formula is C13H22O2. The molecule has 0 aromatic carbocycles. The van der Waals surface area contributed by atoms with Crippen molar-refractivity contribution in [1.82, 2.24) is 0 Å². The maximum atomic E-state index is 10.7. The zero-order valence-corrected chi connectivity index (χ0v) is 9.92. The molecule has 15 heavy (non-hydrogen) atoms. The average Bonchev–Trinajstić information content (AvgIpc) is 2.17. The molecule has 0 aliphatic heterocycles. The summed E-state index contributed by atoms with van der Waals surface area (Å²) < 4.78 is 4.91. The van der Waals surface area contributed by atoms with Crippen LogP contribution >= 0.6 is 0 Å². The lowest BCUT2D eigenvalue weighted by molar-refractivity contribution is -0.138. The molecular weight excluding hydrogens is 188 g/mol. The molecule has 0 saturated heterocycles. The number of allylic oxidation sites excluding steroid dienone is 1. The SMILES string of the molecule is C=CC(=O)OCCC(C)CCCC(=C)C. The maximum absolute atomic E-state index is 10.7. The summed E-state index contributed by atoms with van der Waals surface area (Å²) in [6.07, 6.45) is 5.56. The topological polar surface area (TPSA) is 26.3 Å². The molecule has 0 radical (unpaired) electrons. The van der Waals surface area contributed by atoms with E-state index in [-0.39, 0.29) is 5.97 Å². The highest BCUT2D eigenvalue weighted by atomic mass is 16.5. The number of hydrogen-bond donors (Lipinski definition) is 0. The van der Waals surface area contributed by atoms with Gasteiger partial charge >= 0.3 is 5.97 Å². The molecule has 1 atom stereocenters. The Bertz CT molecular complexity index is 219. The van der Waals surface area contributed by atoms with Crippen molar-refractivity contribution >= 4 is 5.97 Å². The van der Waals surface area contributed by atoms with Gasteiger partial charge in [-0.2, -0.15) is 0 Å². The van der Waals surface area contributed by atoms with Gasteiger partial charge in [-0.15, -0.1) is 6.58 Å². The second-order valence-corrected chi connectivity index (χ2v) is 4.11. The fourth-order valence-electron chi connectivity index (χ4n) is 1.32. The molecule has 0 amide bonds. The van der Waals surface area contributed by atoms with Crippen LogP contribution < -0.4 is 0 Å². The Balaban J connectivity index is 3.40. The van der Waals surface area contributed by atoms with Crippen molar-refractivity contribution in [1.29, 1.82) is 0 Å². The van der Waals surface area contributed by atoms with Crippen LogP contribution in [-0.4, -0.2) is 12.6 Å². The van der Waals surface area contributed by atoms with Gasteiger partial charge < -0.3 is 4.74 Å². The van der Waals surface area contributed by atoms with E-state index in [1.807, 2.05) is 0 Å². The Hall–Kier alpha value is -1.05. The Morgan fingerprint density at radius 3 is 2.67 bits per heavy atom. The summed E-state index contributed by atoms with van der Waals surface area (Å²) in [5.41, 5.74) is 1.24. The zero-order chi connectivity index (χ0) is 11.7. The van der Waals surface area contributed by atoms with Crippen LogP contribution in [0, 0.1) is 5.92 Å². The first-order valence-corrected chi connectivity index (χ1v) is 5.49. The Morgan fingerprint density at radius 2 is 2.13 bits per heavy atom. The summed E-state index contributed by atoms with van der Waals surface area (Å²) in [4.78, 5) is 10.7. The van der Waals surface area contributed by atoms with E-state index in [1.165, 1.54) is 24.5 Å². The van der Waals surface area contributed by atoms with Crippen molar-refractivity contribution in [3.8, 4) is 0 Å². The molecule has 0 aromatic heterocycles. The molecule has 0 aliphatic rings. The summed E-state index contributed by atoms with van der Waals surface area (Å²) >= 11 is 0. The standard InChI is InChI=1S/C13H22O2/c1-5-13(14)15-10-9-12(4)8-6-7-11(2)3/h5,12H,1-2,6-10H2,3-4H3. The van der Waals surface area contributed by atoms with Crippen LogP contribution in [0.2, 0.25) is 0 Å². The van der Waals surface area contributed by atoms with Crippen molar-refractivity contribution in [3.05, 3.63) is 24.8 Å². The van der Waals surface area contributed by atoms with Crippen molar-refractivity contribution in [2.45, 2.75) is 39.5 Å². The number of hydrogen-bond acceptors (Lipinski definition) is 2. The molecule has 2 heteroatoms. The summed E-state index contributed by atoms with van der Waals surface area (Å²) in [5.74, 6) is 0.270. The van der Waals surface area contributed by atoms with Crippen molar-refractivity contribution < 1.29 is 9.53 Å². The van der Waals surface area contributed by atoms with Crippen molar-refractivity contribution in [3.63, 3.8) is 0 Å². The molecule has 0 heterocycles. The highest BCUT2D eigenvalue weighted by Gasteiger charge is 2.03. The van der Waals surface area contributed by atoms with Crippen LogP contribution in [0.25, 0.3) is 0 Å². The minimum Gasteiger partial charge on any atom is -0.463 e. The highest BCUT2D eigenvalue weighted by Crippen LogP contribution is 2.14. The van der Waals surface area contributed by atoms with Crippen molar-refractivity contribution in [2.75, 3.05) is 6.61 Å². The second-order valence-electron chi connectivity index (χ2n) is 4.11. The van der Waals surface area contributed by atoms with Crippen LogP contribution in [0.4, 0.5) is 0 Å². The first kappa shape index (κ1) is 13.9. The van der Waals surface area contributed by atoms with E-state index in [4.69, 9.17) is 4.74 Å². The number of carbonyl (C=O) groups excluding carboxylic acids is 1. The minimum absolute atomic E-state index is 0.330. The molecule has 2 nitrogen and oxygen atoms in total. The van der Waals surface area contributed by atoms with Crippen LogP contribution in [0.3, 0.4) is 0 Å². The molecule has 0 aromatic rings. The summed E-state index contributed by atoms with van der Waals surface area (Å²) in [7, 11) is 0. The van der Waals surface area contributed by atoms with Gasteiger partial charge in [0.15, 0.2) is 0 Å². The fraction of sp³-hybridized carbons (Fsp3) is 0.615. The molecule has 0 rings (SSSR count). The molecule has 86 valence electrons. The van der Waals surface area contributed by atoms with E-state index in [2.05, 4.69) is 27.0 Å². The largest absolute Gasteiger partial charge is 0.463 e. The third-order valence-corrected chi connectivity index (χ3v) is 2.32. The monoisotopic (exact) mass is 210 g/mol. The molecule has 0 spiro atoms. The number of esters is 1. The lowest BCUT2D eigenvalue weighted by atomic mass is 9.99. The van der Waals surface area contributed by atoms with Crippen molar-refractivity contribution in [2.24, 2.45) is 5.92 Å². The number of carbonyl (C=O) groups is 1. The smallest absolute Gasteiger partial charge is 0.330 e. The third kappa shape index (κ3) is 9.26. The molecule has 0 saturated carbocycles. The molecule has 1 unspecified atom stereocenters. The Labute approximate surface area is 93.0 Å². The predicted octanol–water partition coefficient (Wildman–Crippen LogP) is 3.49. The van der Waals surface area contributed by atoms with Gasteiger partial charge in [0.1, 0.15) is 0 Å². The van der Waals surface area contributed by atoms with Gasteiger partial charge in [-0.25, -0.2) is 4.79 Å². The van der Waals surface area contributed by atoms with E-state index in [0.29, 0.717) is 12.5 Å². The van der Waals surface area contributed by atoms with E-state index < -0.39 is 0 Å². The van der Waals surface area contributed by atoms with Crippen LogP contribution in [0.15, 0.2) is 24.8 Å². The summed E-state index contributed by atoms with van der Waals surface area (Å²) in [5, 5.41) is 0. The van der Waals surface area contributed by atoms with Gasteiger partial charge in [0, 0.05) is 6.08 Å².